The van der Waals surface area contributed by atoms with Gasteiger partial charge in [0.1, 0.15) is 5.84 Å². The Balaban J connectivity index is 0.000000882. The first kappa shape index (κ1) is 18.5. The zero-order valence-corrected chi connectivity index (χ0v) is 12.3. The van der Waals surface area contributed by atoms with E-state index in [4.69, 9.17) is 5.73 Å². The van der Waals surface area contributed by atoms with Gasteiger partial charge in [0, 0.05) is 17.5 Å². The third-order valence-corrected chi connectivity index (χ3v) is 4.29. The van der Waals surface area contributed by atoms with Crippen molar-refractivity contribution in [1.82, 2.24) is 10.3 Å². The number of hydrogen-bond acceptors (Lipinski definition) is 4. The van der Waals surface area contributed by atoms with Gasteiger partial charge >= 0.3 is 0 Å². The summed E-state index contributed by atoms with van der Waals surface area (Å²) in [6.45, 7) is 0.726. The van der Waals surface area contributed by atoms with Crippen molar-refractivity contribution in [3.05, 3.63) is 40.7 Å². The maximum absolute atomic E-state index is 11.3. The minimum atomic E-state index is -0.444. The van der Waals surface area contributed by atoms with Crippen LogP contribution in [0.25, 0.3) is 12.2 Å². The fourth-order valence-corrected chi connectivity index (χ4v) is 3.26. The normalized spacial score (nSPS) is 25.2. The van der Waals surface area contributed by atoms with E-state index in [1.54, 1.807) is 6.20 Å². The van der Waals surface area contributed by atoms with Gasteiger partial charge in [0.25, 0.3) is 0 Å². The molecule has 3 aliphatic rings. The Hall–Kier alpha value is -2.55. The lowest BCUT2D eigenvalue weighted by Gasteiger charge is -2.28. The van der Waals surface area contributed by atoms with E-state index in [0.717, 1.165) is 29.4 Å². The van der Waals surface area contributed by atoms with Crippen LogP contribution in [0.1, 0.15) is 16.8 Å². The van der Waals surface area contributed by atoms with Gasteiger partial charge in [-0.15, -0.1) is 0 Å². The SMILES string of the molecule is NC(=O)c1cnc2c(c1)=CC1(C=2)CN=C2NC=CCC21.O.O.O. The largest absolute Gasteiger partial charge is 0.412 e. The molecule has 1 aliphatic carbocycles. The number of primary amides is 1. The molecule has 23 heavy (non-hydrogen) atoms. The summed E-state index contributed by atoms with van der Waals surface area (Å²) in [7, 11) is 0. The minimum Gasteiger partial charge on any atom is -0.412 e. The number of aromatic nitrogens is 1. The first-order valence-electron chi connectivity index (χ1n) is 6.65. The van der Waals surface area contributed by atoms with Crippen LogP contribution in [0.3, 0.4) is 0 Å². The Morgan fingerprint density at radius 3 is 2.83 bits per heavy atom. The Bertz CT molecular complexity index is 802. The highest BCUT2D eigenvalue weighted by molar-refractivity contribution is 5.94. The number of amides is 1. The van der Waals surface area contributed by atoms with E-state index in [-0.39, 0.29) is 21.8 Å². The Morgan fingerprint density at radius 1 is 1.30 bits per heavy atom. The standard InChI is InChI=1S/C15H14N4O.3H2O/c16-13(20)10-4-9-5-15(6-12(9)18-7-10)8-19-14-11(15)2-1-3-17-14;;;/h1,3-7,11H,2,8H2,(H2,16,20)(H,17,19);3*1H2. The van der Waals surface area contributed by atoms with E-state index in [1.165, 1.54) is 0 Å². The summed E-state index contributed by atoms with van der Waals surface area (Å²) in [6.07, 6.45) is 10.9. The summed E-state index contributed by atoms with van der Waals surface area (Å²) < 4.78 is 0. The number of allylic oxidation sites excluding steroid dienone is 1. The zero-order valence-electron chi connectivity index (χ0n) is 12.3. The molecular formula is C15H20N4O4. The van der Waals surface area contributed by atoms with E-state index >= 15 is 0 Å². The molecule has 0 saturated heterocycles. The molecule has 0 fully saturated rings. The predicted octanol–water partition coefficient (Wildman–Crippen LogP) is -3.20. The molecule has 3 heterocycles. The molecule has 9 N–H and O–H groups in total. The summed E-state index contributed by atoms with van der Waals surface area (Å²) >= 11 is 0. The molecule has 2 aliphatic heterocycles. The van der Waals surface area contributed by atoms with Crippen molar-refractivity contribution in [2.45, 2.75) is 6.42 Å². The van der Waals surface area contributed by atoms with E-state index < -0.39 is 5.91 Å². The predicted molar refractivity (Wildman–Crippen MR) is 86.9 cm³/mol. The Kier molecular flexibility index (Phi) is 5.06. The molecule has 4 rings (SSSR count). The third-order valence-electron chi connectivity index (χ3n) is 4.29. The topological polar surface area (TPSA) is 175 Å². The number of fused-ring (bicyclic) bond motifs is 3. The lowest BCUT2D eigenvalue weighted by Crippen LogP contribution is -2.35. The fraction of sp³-hybridized carbons (Fsp3) is 0.267. The molecule has 0 saturated carbocycles. The minimum absolute atomic E-state index is 0. The smallest absolute Gasteiger partial charge is 0.250 e. The molecule has 1 aromatic rings. The second-order valence-electron chi connectivity index (χ2n) is 5.50. The van der Waals surface area contributed by atoms with Gasteiger partial charge in [0.05, 0.1) is 17.5 Å². The number of nitrogens with two attached hydrogens (primary N) is 1. The van der Waals surface area contributed by atoms with Gasteiger partial charge in [-0.1, -0.05) is 12.2 Å². The van der Waals surface area contributed by atoms with Crippen molar-refractivity contribution < 1.29 is 21.2 Å². The van der Waals surface area contributed by atoms with Crippen LogP contribution in [-0.2, 0) is 0 Å². The molecular weight excluding hydrogens is 300 g/mol. The quantitative estimate of drug-likeness (QED) is 0.555. The van der Waals surface area contributed by atoms with Crippen LogP contribution in [-0.4, -0.2) is 39.7 Å². The number of aliphatic imine (C=N–C) groups is 1. The van der Waals surface area contributed by atoms with Crippen molar-refractivity contribution in [3.63, 3.8) is 0 Å². The number of hydrogen-bond donors (Lipinski definition) is 2. The lowest BCUT2D eigenvalue weighted by molar-refractivity contribution is 0.1000. The van der Waals surface area contributed by atoms with E-state index in [0.29, 0.717) is 11.5 Å². The maximum atomic E-state index is 11.3. The van der Waals surface area contributed by atoms with Gasteiger partial charge in [-0.25, -0.2) is 0 Å². The number of rotatable bonds is 1. The third kappa shape index (κ3) is 2.63. The second kappa shape index (κ2) is 6.29. The molecule has 2 unspecified atom stereocenters. The summed E-state index contributed by atoms with van der Waals surface area (Å²) in [5.41, 5.74) is 5.65. The molecule has 1 spiro atoms. The van der Waals surface area contributed by atoms with Crippen molar-refractivity contribution in [2.75, 3.05) is 6.54 Å². The van der Waals surface area contributed by atoms with Crippen molar-refractivity contribution >= 4 is 23.9 Å². The molecule has 1 amide bonds. The highest BCUT2D eigenvalue weighted by Gasteiger charge is 2.44. The van der Waals surface area contributed by atoms with Gasteiger partial charge in [-0.05, 0) is 30.0 Å². The maximum Gasteiger partial charge on any atom is 0.250 e. The molecule has 0 bridgehead atoms. The monoisotopic (exact) mass is 320 g/mol. The number of carbonyl (C=O) groups excluding carboxylic acids is 1. The van der Waals surface area contributed by atoms with Gasteiger partial charge in [-0.2, -0.15) is 0 Å². The molecule has 8 heteroatoms. The molecule has 124 valence electrons. The van der Waals surface area contributed by atoms with Crippen LogP contribution in [0.15, 0.2) is 29.5 Å². The first-order valence-corrected chi connectivity index (χ1v) is 6.65. The molecule has 1 aromatic heterocycles. The molecule has 8 nitrogen and oxygen atoms in total. The van der Waals surface area contributed by atoms with Gasteiger partial charge < -0.3 is 27.5 Å². The number of carbonyl (C=O) groups is 1. The summed E-state index contributed by atoms with van der Waals surface area (Å²) in [5, 5.41) is 5.12. The van der Waals surface area contributed by atoms with Crippen LogP contribution in [0.2, 0.25) is 0 Å². The van der Waals surface area contributed by atoms with Crippen LogP contribution in [0, 0.1) is 11.3 Å². The Labute approximate surface area is 132 Å². The van der Waals surface area contributed by atoms with Crippen LogP contribution in [0.4, 0.5) is 0 Å². The van der Waals surface area contributed by atoms with E-state index in [9.17, 15) is 4.79 Å². The zero-order chi connectivity index (χ0) is 13.7. The van der Waals surface area contributed by atoms with Gasteiger partial charge in [0.15, 0.2) is 0 Å². The van der Waals surface area contributed by atoms with Crippen LogP contribution >= 0.6 is 0 Å². The second-order valence-corrected chi connectivity index (χ2v) is 5.50. The highest BCUT2D eigenvalue weighted by atomic mass is 16.1. The summed E-state index contributed by atoms with van der Waals surface area (Å²) in [5.74, 6) is 0.932. The van der Waals surface area contributed by atoms with Gasteiger partial charge in [-0.3, -0.25) is 14.8 Å². The average molecular weight is 320 g/mol. The lowest BCUT2D eigenvalue weighted by atomic mass is 9.75. The highest BCUT2D eigenvalue weighted by Crippen LogP contribution is 2.41. The molecule has 0 aromatic carbocycles. The molecule has 2 atom stereocenters. The van der Waals surface area contributed by atoms with Crippen molar-refractivity contribution in [3.8, 4) is 0 Å². The molecule has 0 radical (unpaired) electrons. The number of amidine groups is 1. The van der Waals surface area contributed by atoms with Crippen LogP contribution < -0.4 is 21.6 Å². The van der Waals surface area contributed by atoms with Crippen molar-refractivity contribution in [2.24, 2.45) is 22.1 Å². The number of nitrogens with one attached hydrogen (secondary N) is 1. The number of pyridine rings is 1. The summed E-state index contributed by atoms with van der Waals surface area (Å²) in [4.78, 5) is 20.2. The fourth-order valence-electron chi connectivity index (χ4n) is 3.26. The number of nitrogens with zero attached hydrogens (tertiary/aromatic N) is 2. The van der Waals surface area contributed by atoms with E-state index in [2.05, 4.69) is 33.5 Å². The van der Waals surface area contributed by atoms with Gasteiger partial charge in [0.2, 0.25) is 5.91 Å². The summed E-state index contributed by atoms with van der Waals surface area (Å²) in [6, 6.07) is 1.82. The Morgan fingerprint density at radius 2 is 2.09 bits per heavy atom. The first-order chi connectivity index (χ1) is 9.68. The van der Waals surface area contributed by atoms with Crippen molar-refractivity contribution in [1.29, 1.82) is 0 Å². The van der Waals surface area contributed by atoms with Crippen LogP contribution in [0.5, 0.6) is 0 Å². The average Bonchev–Trinajstić information content (AvgIpc) is 3.00. The van der Waals surface area contributed by atoms with E-state index in [1.807, 2.05) is 12.3 Å².